The summed E-state index contributed by atoms with van der Waals surface area (Å²) >= 11 is 6.32. The fourth-order valence-corrected chi connectivity index (χ4v) is 5.95. The molecule has 1 fully saturated rings. The lowest BCUT2D eigenvalue weighted by molar-refractivity contribution is 0.317. The molecule has 8 nitrogen and oxygen atoms in total. The lowest BCUT2D eigenvalue weighted by Gasteiger charge is -2.38. The molecule has 1 N–H and O–H groups in total. The van der Waals surface area contributed by atoms with Crippen molar-refractivity contribution in [3.8, 4) is 0 Å². The second kappa shape index (κ2) is 7.72. The van der Waals surface area contributed by atoms with Gasteiger partial charge in [0.05, 0.1) is 23.3 Å². The monoisotopic (exact) mass is 460 g/mol. The molecular weight excluding hydrogens is 436 g/mol. The number of nitrogens with zero attached hydrogens (tertiary/aromatic N) is 5. The van der Waals surface area contributed by atoms with E-state index < -0.39 is 10.0 Å². The number of anilines is 1. The highest BCUT2D eigenvalue weighted by Crippen LogP contribution is 2.37. The van der Waals surface area contributed by atoms with E-state index in [9.17, 15) is 8.42 Å². The molecule has 0 aromatic carbocycles. The summed E-state index contributed by atoms with van der Waals surface area (Å²) in [6.07, 6.45) is 7.18. The Morgan fingerprint density at radius 3 is 2.74 bits per heavy atom. The molecule has 3 aromatic rings. The first-order valence-electron chi connectivity index (χ1n) is 10.5. The highest BCUT2D eigenvalue weighted by atomic mass is 35.5. The highest BCUT2D eigenvalue weighted by molar-refractivity contribution is 7.88. The van der Waals surface area contributed by atoms with Gasteiger partial charge in [-0.2, -0.15) is 0 Å². The third-order valence-corrected chi connectivity index (χ3v) is 8.01. The molecule has 0 unspecified atom stereocenters. The summed E-state index contributed by atoms with van der Waals surface area (Å²) in [7, 11) is -3.15. The van der Waals surface area contributed by atoms with Gasteiger partial charge in [0.2, 0.25) is 10.0 Å². The van der Waals surface area contributed by atoms with Crippen molar-refractivity contribution >= 4 is 38.3 Å². The quantitative estimate of drug-likeness (QED) is 0.603. The van der Waals surface area contributed by atoms with Gasteiger partial charge < -0.3 is 9.88 Å². The highest BCUT2D eigenvalue weighted by Gasteiger charge is 2.33. The van der Waals surface area contributed by atoms with E-state index in [1.54, 1.807) is 10.6 Å². The van der Waals surface area contributed by atoms with E-state index in [2.05, 4.69) is 31.8 Å². The fraction of sp³-hybridized carbons (Fsp3) is 0.476. The Balaban J connectivity index is 1.48. The van der Waals surface area contributed by atoms with Crippen molar-refractivity contribution in [3.05, 3.63) is 46.8 Å². The second-order valence-electron chi connectivity index (χ2n) is 8.51. The summed E-state index contributed by atoms with van der Waals surface area (Å²) in [6, 6.07) is 4.20. The fourth-order valence-electron chi connectivity index (χ4n) is 4.89. The summed E-state index contributed by atoms with van der Waals surface area (Å²) in [5, 5.41) is 1.50. The zero-order chi connectivity index (χ0) is 21.8. The van der Waals surface area contributed by atoms with E-state index >= 15 is 0 Å². The number of hydrogen-bond acceptors (Lipinski definition) is 6. The van der Waals surface area contributed by atoms with Gasteiger partial charge >= 0.3 is 0 Å². The van der Waals surface area contributed by atoms with E-state index in [-0.39, 0.29) is 12.0 Å². The van der Waals surface area contributed by atoms with Crippen molar-refractivity contribution in [2.45, 2.75) is 44.7 Å². The molecule has 0 radical (unpaired) electrons. The topological polar surface area (TPSA) is 95.1 Å². The number of halogens is 1. The average Bonchev–Trinajstić information content (AvgIpc) is 3.20. The molecule has 2 aliphatic rings. The number of H-pyrrole nitrogens is 1. The lowest BCUT2D eigenvalue weighted by atomic mass is 9.87. The first-order valence-corrected chi connectivity index (χ1v) is 12.7. The van der Waals surface area contributed by atoms with E-state index in [1.807, 2.05) is 18.3 Å². The Morgan fingerprint density at radius 1 is 1.23 bits per heavy atom. The van der Waals surface area contributed by atoms with Crippen LogP contribution in [-0.2, 0) is 23.0 Å². The third kappa shape index (κ3) is 3.79. The van der Waals surface area contributed by atoms with Crippen LogP contribution in [0.3, 0.4) is 0 Å². The number of sulfonamides is 1. The third-order valence-electron chi connectivity index (χ3n) is 6.51. The van der Waals surface area contributed by atoms with E-state index in [1.165, 1.54) is 6.26 Å². The number of hydrogen-bond donors (Lipinski definition) is 1. The molecular formula is C21H25ClN6O2S. The number of fused-ring (bicyclic) bond motifs is 2. The van der Waals surface area contributed by atoms with Crippen LogP contribution in [0.25, 0.3) is 11.0 Å². The number of pyridine rings is 1. The lowest BCUT2D eigenvalue weighted by Crippen LogP contribution is -2.41. The van der Waals surface area contributed by atoms with Crippen LogP contribution in [0.1, 0.15) is 42.6 Å². The van der Waals surface area contributed by atoms with Crippen molar-refractivity contribution in [2.24, 2.45) is 0 Å². The first kappa shape index (κ1) is 20.7. The predicted molar refractivity (Wildman–Crippen MR) is 121 cm³/mol. The van der Waals surface area contributed by atoms with Crippen LogP contribution in [0.2, 0.25) is 5.15 Å². The molecule has 3 aromatic heterocycles. The Morgan fingerprint density at radius 2 is 2.00 bits per heavy atom. The maximum Gasteiger partial charge on any atom is 0.211 e. The van der Waals surface area contributed by atoms with Crippen LogP contribution in [-0.4, -0.2) is 58.0 Å². The van der Waals surface area contributed by atoms with Crippen molar-refractivity contribution in [1.29, 1.82) is 0 Å². The van der Waals surface area contributed by atoms with Gasteiger partial charge in [-0.3, -0.25) is 0 Å². The zero-order valence-electron chi connectivity index (χ0n) is 17.5. The van der Waals surface area contributed by atoms with Crippen LogP contribution in [0, 0.1) is 0 Å². The normalized spacial score (nSPS) is 20.9. The minimum atomic E-state index is -3.15. The maximum atomic E-state index is 11.9. The van der Waals surface area contributed by atoms with Gasteiger partial charge in [-0.25, -0.2) is 27.7 Å². The van der Waals surface area contributed by atoms with Crippen molar-refractivity contribution in [2.75, 3.05) is 24.2 Å². The number of rotatable bonds is 3. The van der Waals surface area contributed by atoms with Gasteiger partial charge in [0.15, 0.2) is 0 Å². The van der Waals surface area contributed by atoms with Crippen molar-refractivity contribution in [1.82, 2.24) is 24.2 Å². The van der Waals surface area contributed by atoms with E-state index in [0.717, 1.165) is 52.9 Å². The minimum absolute atomic E-state index is 0.235. The van der Waals surface area contributed by atoms with E-state index in [4.69, 9.17) is 11.6 Å². The van der Waals surface area contributed by atoms with Gasteiger partial charge in [0, 0.05) is 55.2 Å². The standard InChI is InChI=1S/C21H25ClN6O2S/c1-13-9-17-16(11-28(13)18-10-19(22)26-21-15(18)3-6-23-21)20(25-12-24-17)14-4-7-27(8-5-14)31(2,29)30/h3,6,10,12-14H,4-5,7-9,11H2,1-2H3,(H,23,26)/t13-/m1/s1. The molecule has 164 valence electrons. The molecule has 1 saturated heterocycles. The second-order valence-corrected chi connectivity index (χ2v) is 10.9. The number of aromatic amines is 1. The van der Waals surface area contributed by atoms with E-state index in [0.29, 0.717) is 24.8 Å². The largest absolute Gasteiger partial charge is 0.363 e. The molecule has 0 amide bonds. The summed E-state index contributed by atoms with van der Waals surface area (Å²) in [6.45, 7) is 3.96. The average molecular weight is 461 g/mol. The smallest absolute Gasteiger partial charge is 0.211 e. The number of aromatic nitrogens is 4. The SMILES string of the molecule is C[C@@H]1Cc2ncnc(C3CCN(S(C)(=O)=O)CC3)c2CN1c1cc(Cl)nc2[nH]ccc12. The molecule has 1 atom stereocenters. The summed E-state index contributed by atoms with van der Waals surface area (Å²) in [5.41, 5.74) is 5.13. The molecule has 0 saturated carbocycles. The first-order chi connectivity index (χ1) is 14.8. The Labute approximate surface area is 186 Å². The van der Waals surface area contributed by atoms with Crippen LogP contribution in [0.15, 0.2) is 24.7 Å². The van der Waals surface area contributed by atoms with Gasteiger partial charge in [0.1, 0.15) is 17.1 Å². The number of nitrogens with one attached hydrogen (secondary N) is 1. The molecule has 0 bridgehead atoms. The van der Waals surface area contributed by atoms with Crippen LogP contribution >= 0.6 is 11.6 Å². The van der Waals surface area contributed by atoms with Crippen LogP contribution in [0.4, 0.5) is 5.69 Å². The van der Waals surface area contributed by atoms with Crippen LogP contribution < -0.4 is 4.90 Å². The number of piperidine rings is 1. The zero-order valence-corrected chi connectivity index (χ0v) is 19.1. The Kier molecular flexibility index (Phi) is 5.15. The molecule has 5 heterocycles. The predicted octanol–water partition coefficient (Wildman–Crippen LogP) is 3.10. The molecule has 2 aliphatic heterocycles. The van der Waals surface area contributed by atoms with Crippen molar-refractivity contribution < 1.29 is 8.42 Å². The van der Waals surface area contributed by atoms with Gasteiger partial charge in [-0.1, -0.05) is 11.6 Å². The molecule has 5 rings (SSSR count). The molecule has 31 heavy (non-hydrogen) atoms. The van der Waals surface area contributed by atoms with Gasteiger partial charge in [0.25, 0.3) is 0 Å². The summed E-state index contributed by atoms with van der Waals surface area (Å²) in [4.78, 5) is 19.2. The van der Waals surface area contributed by atoms with Gasteiger partial charge in [-0.15, -0.1) is 0 Å². The summed E-state index contributed by atoms with van der Waals surface area (Å²) in [5.74, 6) is 0.235. The van der Waals surface area contributed by atoms with Crippen LogP contribution in [0.5, 0.6) is 0 Å². The Hall–Kier alpha value is -2.23. The molecule has 10 heteroatoms. The van der Waals surface area contributed by atoms with Crippen molar-refractivity contribution in [3.63, 3.8) is 0 Å². The molecule has 0 aliphatic carbocycles. The summed E-state index contributed by atoms with van der Waals surface area (Å²) < 4.78 is 25.3. The minimum Gasteiger partial charge on any atom is -0.363 e. The Bertz CT molecular complexity index is 1240. The maximum absolute atomic E-state index is 11.9. The molecule has 0 spiro atoms. The van der Waals surface area contributed by atoms with Gasteiger partial charge in [-0.05, 0) is 31.9 Å².